The van der Waals surface area contributed by atoms with E-state index >= 15 is 0 Å². The van der Waals surface area contributed by atoms with Gasteiger partial charge in [-0.25, -0.2) is 13.1 Å². The Morgan fingerprint density at radius 2 is 2.20 bits per heavy atom. The molecule has 5 heteroatoms. The van der Waals surface area contributed by atoms with Crippen molar-refractivity contribution in [3.63, 3.8) is 0 Å². The van der Waals surface area contributed by atoms with E-state index in [-0.39, 0.29) is 11.8 Å². The molecule has 0 saturated heterocycles. The summed E-state index contributed by atoms with van der Waals surface area (Å²) in [6.07, 6.45) is 6.85. The second-order valence-corrected chi connectivity index (χ2v) is 5.65. The zero-order chi connectivity index (χ0) is 11.1. The van der Waals surface area contributed by atoms with Gasteiger partial charge < -0.3 is 5.32 Å². The van der Waals surface area contributed by atoms with Crippen LogP contribution in [0.1, 0.15) is 26.2 Å². The van der Waals surface area contributed by atoms with Crippen LogP contribution in [0.25, 0.3) is 0 Å². The third-order valence-corrected chi connectivity index (χ3v) is 3.85. The van der Waals surface area contributed by atoms with E-state index in [9.17, 15) is 8.42 Å². The van der Waals surface area contributed by atoms with Crippen molar-refractivity contribution in [2.24, 2.45) is 0 Å². The fraction of sp³-hybridized carbons (Fsp3) is 0.800. The summed E-state index contributed by atoms with van der Waals surface area (Å²) < 4.78 is 25.9. The number of hydrogen-bond donors (Lipinski definition) is 2. The summed E-state index contributed by atoms with van der Waals surface area (Å²) in [5, 5.41) is 3.01. The van der Waals surface area contributed by atoms with Gasteiger partial charge in [-0.3, -0.25) is 0 Å². The molecule has 0 spiro atoms. The standard InChI is InChI=1S/C10H20N2O2S/c1-2-11-8-9-15(13,14)12-10-6-4-3-5-7-10/h3-4,10-12H,2,5-9H2,1H3. The zero-order valence-corrected chi connectivity index (χ0v) is 10.0. The average molecular weight is 232 g/mol. The summed E-state index contributed by atoms with van der Waals surface area (Å²) >= 11 is 0. The molecule has 88 valence electrons. The molecule has 0 aliphatic heterocycles. The van der Waals surface area contributed by atoms with E-state index in [0.29, 0.717) is 6.54 Å². The summed E-state index contributed by atoms with van der Waals surface area (Å²) in [6.45, 7) is 3.29. The highest BCUT2D eigenvalue weighted by Crippen LogP contribution is 2.11. The lowest BCUT2D eigenvalue weighted by Crippen LogP contribution is -2.39. The summed E-state index contributed by atoms with van der Waals surface area (Å²) in [6, 6.07) is 0.0987. The van der Waals surface area contributed by atoms with Gasteiger partial charge in [-0.1, -0.05) is 19.1 Å². The Kier molecular flexibility index (Phi) is 5.28. The molecule has 1 atom stereocenters. The number of sulfonamides is 1. The summed E-state index contributed by atoms with van der Waals surface area (Å²) in [7, 11) is -3.10. The SMILES string of the molecule is CCNCCS(=O)(=O)NC1CC=CCC1. The van der Waals surface area contributed by atoms with Gasteiger partial charge in [0.2, 0.25) is 10.0 Å². The van der Waals surface area contributed by atoms with Crippen LogP contribution < -0.4 is 10.0 Å². The fourth-order valence-corrected chi connectivity index (χ4v) is 2.85. The third-order valence-electron chi connectivity index (χ3n) is 2.41. The maximum Gasteiger partial charge on any atom is 0.213 e. The molecule has 4 nitrogen and oxygen atoms in total. The highest BCUT2D eigenvalue weighted by molar-refractivity contribution is 7.89. The lowest BCUT2D eigenvalue weighted by molar-refractivity contribution is 0.521. The molecule has 0 saturated carbocycles. The Hall–Kier alpha value is -0.390. The molecule has 2 N–H and O–H groups in total. The van der Waals surface area contributed by atoms with Gasteiger partial charge in [0.1, 0.15) is 0 Å². The van der Waals surface area contributed by atoms with Crippen LogP contribution in [0.4, 0.5) is 0 Å². The van der Waals surface area contributed by atoms with Crippen molar-refractivity contribution in [2.45, 2.75) is 32.2 Å². The molecule has 0 amide bonds. The Morgan fingerprint density at radius 3 is 2.80 bits per heavy atom. The molecule has 0 radical (unpaired) electrons. The van der Waals surface area contributed by atoms with Crippen LogP contribution in [0.15, 0.2) is 12.2 Å². The van der Waals surface area contributed by atoms with Crippen molar-refractivity contribution >= 4 is 10.0 Å². The summed E-state index contributed by atoms with van der Waals surface area (Å²) in [5.41, 5.74) is 0. The minimum absolute atomic E-state index is 0.0987. The third kappa shape index (κ3) is 5.30. The first-order chi connectivity index (χ1) is 7.14. The average Bonchev–Trinajstić information content (AvgIpc) is 2.18. The Labute approximate surface area is 92.2 Å². The second kappa shape index (κ2) is 6.25. The molecule has 0 aromatic rings. The van der Waals surface area contributed by atoms with Crippen molar-refractivity contribution in [1.29, 1.82) is 0 Å². The van der Waals surface area contributed by atoms with E-state index in [2.05, 4.69) is 16.1 Å². The van der Waals surface area contributed by atoms with E-state index in [1.54, 1.807) is 0 Å². The van der Waals surface area contributed by atoms with E-state index in [4.69, 9.17) is 0 Å². The van der Waals surface area contributed by atoms with Crippen molar-refractivity contribution in [3.05, 3.63) is 12.2 Å². The molecule has 0 heterocycles. The molecule has 0 aromatic heterocycles. The quantitative estimate of drug-likeness (QED) is 0.521. The lowest BCUT2D eigenvalue weighted by Gasteiger charge is -2.19. The maximum atomic E-state index is 11.6. The van der Waals surface area contributed by atoms with Gasteiger partial charge in [-0.2, -0.15) is 0 Å². The van der Waals surface area contributed by atoms with Crippen molar-refractivity contribution in [1.82, 2.24) is 10.0 Å². The van der Waals surface area contributed by atoms with Crippen LogP contribution in [-0.2, 0) is 10.0 Å². The van der Waals surface area contributed by atoms with E-state index < -0.39 is 10.0 Å². The van der Waals surface area contributed by atoms with Gasteiger partial charge in [0.15, 0.2) is 0 Å². The monoisotopic (exact) mass is 232 g/mol. The van der Waals surface area contributed by atoms with Crippen LogP contribution in [0.3, 0.4) is 0 Å². The number of nitrogens with one attached hydrogen (secondary N) is 2. The van der Waals surface area contributed by atoms with Crippen LogP contribution in [-0.4, -0.2) is 33.3 Å². The van der Waals surface area contributed by atoms with Gasteiger partial charge >= 0.3 is 0 Å². The molecule has 1 unspecified atom stereocenters. The van der Waals surface area contributed by atoms with Gasteiger partial charge in [0.05, 0.1) is 5.75 Å². The van der Waals surface area contributed by atoms with Crippen molar-refractivity contribution < 1.29 is 8.42 Å². The first-order valence-electron chi connectivity index (χ1n) is 5.50. The molecule has 1 aliphatic rings. The molecule has 1 aliphatic carbocycles. The molecule has 1 rings (SSSR count). The van der Waals surface area contributed by atoms with Gasteiger partial charge in [-0.15, -0.1) is 0 Å². The molecule has 0 bridgehead atoms. The van der Waals surface area contributed by atoms with Crippen LogP contribution in [0, 0.1) is 0 Å². The first-order valence-corrected chi connectivity index (χ1v) is 7.15. The van der Waals surface area contributed by atoms with Crippen molar-refractivity contribution in [2.75, 3.05) is 18.8 Å². The molecule has 0 aromatic carbocycles. The fourth-order valence-electron chi connectivity index (χ4n) is 1.60. The van der Waals surface area contributed by atoms with Crippen LogP contribution >= 0.6 is 0 Å². The summed E-state index contributed by atoms with van der Waals surface area (Å²) in [5.74, 6) is 0.168. The number of rotatable bonds is 6. The summed E-state index contributed by atoms with van der Waals surface area (Å²) in [4.78, 5) is 0. The van der Waals surface area contributed by atoms with E-state index in [1.165, 1.54) is 0 Å². The topological polar surface area (TPSA) is 58.2 Å². The predicted octanol–water partition coefficient (Wildman–Crippen LogP) is 0.624. The smallest absolute Gasteiger partial charge is 0.213 e. The van der Waals surface area contributed by atoms with Crippen LogP contribution in [0.5, 0.6) is 0 Å². The Balaban J connectivity index is 2.31. The normalized spacial score (nSPS) is 21.8. The lowest BCUT2D eigenvalue weighted by atomic mass is 10.0. The zero-order valence-electron chi connectivity index (χ0n) is 9.20. The molecular weight excluding hydrogens is 212 g/mol. The Bertz CT molecular complexity index is 299. The van der Waals surface area contributed by atoms with Gasteiger partial charge in [0, 0.05) is 12.6 Å². The first kappa shape index (κ1) is 12.7. The van der Waals surface area contributed by atoms with E-state index in [1.807, 2.05) is 13.0 Å². The Morgan fingerprint density at radius 1 is 1.40 bits per heavy atom. The minimum Gasteiger partial charge on any atom is -0.316 e. The van der Waals surface area contributed by atoms with Gasteiger partial charge in [0.25, 0.3) is 0 Å². The van der Waals surface area contributed by atoms with E-state index in [0.717, 1.165) is 25.8 Å². The second-order valence-electron chi connectivity index (χ2n) is 3.77. The highest BCUT2D eigenvalue weighted by Gasteiger charge is 2.17. The largest absolute Gasteiger partial charge is 0.316 e. The maximum absolute atomic E-state index is 11.6. The van der Waals surface area contributed by atoms with Gasteiger partial charge in [-0.05, 0) is 25.8 Å². The number of hydrogen-bond acceptors (Lipinski definition) is 3. The predicted molar refractivity (Wildman–Crippen MR) is 62.2 cm³/mol. The van der Waals surface area contributed by atoms with Crippen molar-refractivity contribution in [3.8, 4) is 0 Å². The molecule has 15 heavy (non-hydrogen) atoms. The number of allylic oxidation sites excluding steroid dienone is 1. The minimum atomic E-state index is -3.10. The molecule has 0 fully saturated rings. The molecular formula is C10H20N2O2S. The highest BCUT2D eigenvalue weighted by atomic mass is 32.2. The van der Waals surface area contributed by atoms with Crippen LogP contribution in [0.2, 0.25) is 0 Å².